The molecule has 0 aliphatic carbocycles. The van der Waals surface area contributed by atoms with Crippen LogP contribution in [-0.4, -0.2) is 41.8 Å². The maximum absolute atomic E-state index is 6.12. The molecule has 1 heterocycles. The lowest BCUT2D eigenvalue weighted by atomic mass is 9.79. The molecular formula is C14H30N2O. The van der Waals surface area contributed by atoms with Gasteiger partial charge in [-0.3, -0.25) is 4.90 Å². The van der Waals surface area contributed by atoms with Gasteiger partial charge in [0.2, 0.25) is 0 Å². The molecule has 0 radical (unpaired) electrons. The van der Waals surface area contributed by atoms with Crippen molar-refractivity contribution in [1.82, 2.24) is 4.90 Å². The van der Waals surface area contributed by atoms with Gasteiger partial charge < -0.3 is 10.5 Å². The summed E-state index contributed by atoms with van der Waals surface area (Å²) in [5, 5.41) is 0. The van der Waals surface area contributed by atoms with Gasteiger partial charge in [-0.15, -0.1) is 0 Å². The number of likely N-dealkylation sites (N-methyl/N-ethyl adjacent to an activating group) is 1. The Hall–Kier alpha value is -0.120. The molecule has 2 atom stereocenters. The van der Waals surface area contributed by atoms with E-state index in [4.69, 9.17) is 10.5 Å². The fourth-order valence-corrected chi connectivity index (χ4v) is 3.10. The van der Waals surface area contributed by atoms with Crippen molar-refractivity contribution in [3.63, 3.8) is 0 Å². The molecule has 0 aromatic heterocycles. The summed E-state index contributed by atoms with van der Waals surface area (Å²) in [4.78, 5) is 2.50. The zero-order chi connectivity index (χ0) is 13.3. The molecule has 0 saturated carbocycles. The molecule has 2 unspecified atom stereocenters. The molecule has 2 N–H and O–H groups in total. The summed E-state index contributed by atoms with van der Waals surface area (Å²) in [5.74, 6) is 0. The fraction of sp³-hybridized carbons (Fsp3) is 1.00. The van der Waals surface area contributed by atoms with Crippen molar-refractivity contribution < 1.29 is 4.74 Å². The van der Waals surface area contributed by atoms with Crippen molar-refractivity contribution in [2.45, 2.75) is 77.2 Å². The van der Waals surface area contributed by atoms with Crippen molar-refractivity contribution in [2.24, 2.45) is 5.73 Å². The average Bonchev–Trinajstić information content (AvgIpc) is 2.26. The predicted molar refractivity (Wildman–Crippen MR) is 73.2 cm³/mol. The van der Waals surface area contributed by atoms with Crippen molar-refractivity contribution in [3.05, 3.63) is 0 Å². The van der Waals surface area contributed by atoms with Crippen molar-refractivity contribution >= 4 is 0 Å². The molecule has 0 aromatic carbocycles. The standard InChI is InChI=1S/C14H30N2O/c1-7-13(4,5)16(6)14(10-15)8-11(2)17-12(3)9-14/h11-12H,7-10,15H2,1-6H3. The SMILES string of the molecule is CCC(C)(C)N(C)C1(CN)CC(C)OC(C)C1. The largest absolute Gasteiger partial charge is 0.375 e. The minimum Gasteiger partial charge on any atom is -0.375 e. The Morgan fingerprint density at radius 2 is 1.76 bits per heavy atom. The van der Waals surface area contributed by atoms with Crippen molar-refractivity contribution in [2.75, 3.05) is 13.6 Å². The van der Waals surface area contributed by atoms with Crippen LogP contribution in [0.5, 0.6) is 0 Å². The molecule has 0 bridgehead atoms. The third kappa shape index (κ3) is 3.01. The van der Waals surface area contributed by atoms with Crippen LogP contribution in [0.4, 0.5) is 0 Å². The third-order valence-electron chi connectivity index (χ3n) is 4.66. The van der Waals surface area contributed by atoms with Gasteiger partial charge in [-0.1, -0.05) is 6.92 Å². The smallest absolute Gasteiger partial charge is 0.0568 e. The maximum atomic E-state index is 6.12. The highest BCUT2D eigenvalue weighted by Gasteiger charge is 2.44. The second-order valence-corrected chi connectivity index (χ2v) is 6.32. The Labute approximate surface area is 107 Å². The van der Waals surface area contributed by atoms with E-state index in [1.807, 2.05) is 0 Å². The predicted octanol–water partition coefficient (Wildman–Crippen LogP) is 2.39. The topological polar surface area (TPSA) is 38.5 Å². The van der Waals surface area contributed by atoms with E-state index in [0.717, 1.165) is 19.3 Å². The Morgan fingerprint density at radius 3 is 2.12 bits per heavy atom. The molecule has 102 valence electrons. The molecule has 1 rings (SSSR count). The van der Waals surface area contributed by atoms with Gasteiger partial charge in [0.1, 0.15) is 0 Å². The molecule has 0 amide bonds. The molecule has 17 heavy (non-hydrogen) atoms. The van der Waals surface area contributed by atoms with Crippen LogP contribution >= 0.6 is 0 Å². The van der Waals surface area contributed by atoms with Gasteiger partial charge in [0.25, 0.3) is 0 Å². The highest BCUT2D eigenvalue weighted by atomic mass is 16.5. The van der Waals surface area contributed by atoms with Gasteiger partial charge in [0, 0.05) is 17.6 Å². The molecule has 0 spiro atoms. The summed E-state index contributed by atoms with van der Waals surface area (Å²) in [7, 11) is 2.22. The lowest BCUT2D eigenvalue weighted by Gasteiger charge is -2.53. The molecular weight excluding hydrogens is 212 g/mol. The van der Waals surface area contributed by atoms with Gasteiger partial charge in [-0.2, -0.15) is 0 Å². The summed E-state index contributed by atoms with van der Waals surface area (Å²) in [5.41, 5.74) is 6.40. The number of nitrogens with two attached hydrogens (primary N) is 1. The van der Waals surface area contributed by atoms with E-state index in [2.05, 4.69) is 46.6 Å². The van der Waals surface area contributed by atoms with E-state index in [1.165, 1.54) is 0 Å². The van der Waals surface area contributed by atoms with Crippen LogP contribution in [0, 0.1) is 0 Å². The molecule has 3 nitrogen and oxygen atoms in total. The van der Waals surface area contributed by atoms with E-state index in [-0.39, 0.29) is 11.1 Å². The van der Waals surface area contributed by atoms with Gasteiger partial charge >= 0.3 is 0 Å². The normalized spacial score (nSPS) is 35.3. The minimum absolute atomic E-state index is 0.0938. The summed E-state index contributed by atoms with van der Waals surface area (Å²) in [6.45, 7) is 11.9. The van der Waals surface area contributed by atoms with E-state index in [9.17, 15) is 0 Å². The second kappa shape index (κ2) is 5.25. The molecule has 1 fully saturated rings. The summed E-state index contributed by atoms with van der Waals surface area (Å²) in [6.07, 6.45) is 3.81. The highest BCUT2D eigenvalue weighted by Crippen LogP contribution is 2.37. The Balaban J connectivity index is 2.94. The van der Waals surface area contributed by atoms with Crippen LogP contribution in [0.3, 0.4) is 0 Å². The van der Waals surface area contributed by atoms with Gasteiger partial charge in [-0.25, -0.2) is 0 Å². The highest BCUT2D eigenvalue weighted by molar-refractivity contribution is 5.00. The van der Waals surface area contributed by atoms with Gasteiger partial charge in [0.15, 0.2) is 0 Å². The lowest BCUT2D eigenvalue weighted by molar-refractivity contribution is -0.118. The molecule has 1 aliphatic rings. The van der Waals surface area contributed by atoms with E-state index >= 15 is 0 Å². The molecule has 3 heteroatoms. The summed E-state index contributed by atoms with van der Waals surface area (Å²) in [6, 6.07) is 0. The summed E-state index contributed by atoms with van der Waals surface area (Å²) < 4.78 is 5.86. The zero-order valence-electron chi connectivity index (χ0n) is 12.4. The number of hydrogen-bond donors (Lipinski definition) is 1. The Bertz CT molecular complexity index is 243. The maximum Gasteiger partial charge on any atom is 0.0568 e. The molecule has 1 saturated heterocycles. The van der Waals surface area contributed by atoms with Crippen LogP contribution in [0.2, 0.25) is 0 Å². The van der Waals surface area contributed by atoms with Crippen LogP contribution < -0.4 is 5.73 Å². The number of hydrogen-bond acceptors (Lipinski definition) is 3. The Morgan fingerprint density at radius 1 is 1.29 bits per heavy atom. The minimum atomic E-state index is 0.0938. The first-order valence-corrected chi connectivity index (χ1v) is 6.87. The van der Waals surface area contributed by atoms with Gasteiger partial charge in [-0.05, 0) is 54.0 Å². The monoisotopic (exact) mass is 242 g/mol. The number of rotatable bonds is 4. The fourth-order valence-electron chi connectivity index (χ4n) is 3.10. The molecule has 0 aromatic rings. The van der Waals surface area contributed by atoms with Crippen LogP contribution in [0.15, 0.2) is 0 Å². The molecule has 1 aliphatic heterocycles. The van der Waals surface area contributed by atoms with Crippen LogP contribution in [0.1, 0.15) is 53.9 Å². The summed E-state index contributed by atoms with van der Waals surface area (Å²) >= 11 is 0. The van der Waals surface area contributed by atoms with Crippen LogP contribution in [0.25, 0.3) is 0 Å². The number of nitrogens with zero attached hydrogens (tertiary/aromatic N) is 1. The van der Waals surface area contributed by atoms with E-state index in [1.54, 1.807) is 0 Å². The lowest BCUT2D eigenvalue weighted by Crippen LogP contribution is -2.63. The first-order chi connectivity index (χ1) is 7.77. The van der Waals surface area contributed by atoms with Crippen LogP contribution in [-0.2, 0) is 4.74 Å². The van der Waals surface area contributed by atoms with Crippen molar-refractivity contribution in [1.29, 1.82) is 0 Å². The van der Waals surface area contributed by atoms with Crippen molar-refractivity contribution in [3.8, 4) is 0 Å². The second-order valence-electron chi connectivity index (χ2n) is 6.32. The zero-order valence-corrected chi connectivity index (χ0v) is 12.4. The van der Waals surface area contributed by atoms with Gasteiger partial charge in [0.05, 0.1) is 12.2 Å². The van der Waals surface area contributed by atoms with E-state index < -0.39 is 0 Å². The quantitative estimate of drug-likeness (QED) is 0.822. The Kier molecular flexibility index (Phi) is 4.61. The van der Waals surface area contributed by atoms with E-state index in [0.29, 0.717) is 18.8 Å². The number of ether oxygens (including phenoxy) is 1. The first-order valence-electron chi connectivity index (χ1n) is 6.87. The third-order valence-corrected chi connectivity index (χ3v) is 4.66. The first kappa shape index (κ1) is 14.9. The average molecular weight is 242 g/mol.